The molecule has 0 aliphatic rings. The van der Waals surface area contributed by atoms with Crippen LogP contribution in [0.15, 0.2) is 18.2 Å². The second-order valence-corrected chi connectivity index (χ2v) is 4.74. The van der Waals surface area contributed by atoms with Crippen LogP contribution >= 0.6 is 11.6 Å². The lowest BCUT2D eigenvalue weighted by Gasteiger charge is -2.10. The molecule has 2 N–H and O–H groups in total. The fourth-order valence-corrected chi connectivity index (χ4v) is 1.69. The number of amides is 2. The highest BCUT2D eigenvalue weighted by molar-refractivity contribution is 6.31. The van der Waals surface area contributed by atoms with E-state index in [9.17, 15) is 4.79 Å². The predicted octanol–water partition coefficient (Wildman–Crippen LogP) is 3.59. The molecule has 1 aromatic carbocycles. The number of halogens is 1. The van der Waals surface area contributed by atoms with Crippen molar-refractivity contribution < 1.29 is 9.53 Å². The lowest BCUT2D eigenvalue weighted by molar-refractivity contribution is 0.132. The molecule has 0 saturated carbocycles. The number of rotatable bonds is 7. The number of aryl methyl sites for hydroxylation is 1. The normalized spacial score (nSPS) is 10.3. The van der Waals surface area contributed by atoms with Gasteiger partial charge in [0.15, 0.2) is 0 Å². The molecule has 0 bridgehead atoms. The molecule has 0 aliphatic heterocycles. The number of nitrogens with one attached hydrogen (secondary N) is 2. The van der Waals surface area contributed by atoms with Crippen molar-refractivity contribution >= 4 is 23.3 Å². The Morgan fingerprint density at radius 1 is 1.37 bits per heavy atom. The van der Waals surface area contributed by atoms with E-state index in [4.69, 9.17) is 16.3 Å². The Kier molecular flexibility index (Phi) is 7.30. The van der Waals surface area contributed by atoms with E-state index in [1.807, 2.05) is 13.0 Å². The zero-order valence-electron chi connectivity index (χ0n) is 11.5. The Hall–Kier alpha value is -1.26. The van der Waals surface area contributed by atoms with Gasteiger partial charge < -0.3 is 15.4 Å². The molecule has 0 aliphatic carbocycles. The minimum absolute atomic E-state index is 0.221. The predicted molar refractivity (Wildman–Crippen MR) is 78.9 cm³/mol. The van der Waals surface area contributed by atoms with Gasteiger partial charge >= 0.3 is 6.03 Å². The number of benzene rings is 1. The molecular formula is C14H21ClN2O2. The maximum atomic E-state index is 11.7. The van der Waals surface area contributed by atoms with Crippen molar-refractivity contribution in [1.82, 2.24) is 5.32 Å². The van der Waals surface area contributed by atoms with Gasteiger partial charge in [-0.3, -0.25) is 0 Å². The highest BCUT2D eigenvalue weighted by Crippen LogP contribution is 2.19. The molecular weight excluding hydrogens is 264 g/mol. The van der Waals surface area contributed by atoms with Crippen LogP contribution in [-0.4, -0.2) is 25.8 Å². The van der Waals surface area contributed by atoms with Gasteiger partial charge in [-0.15, -0.1) is 0 Å². The molecule has 0 unspecified atom stereocenters. The maximum Gasteiger partial charge on any atom is 0.319 e. The third kappa shape index (κ3) is 6.45. The number of carbonyl (C=O) groups is 1. The second kappa shape index (κ2) is 8.77. The van der Waals surface area contributed by atoms with Crippen molar-refractivity contribution in [3.63, 3.8) is 0 Å². The van der Waals surface area contributed by atoms with Gasteiger partial charge in [-0.25, -0.2) is 4.79 Å². The summed E-state index contributed by atoms with van der Waals surface area (Å²) in [6.07, 6.45) is 1.82. The molecule has 5 heteroatoms. The third-order valence-corrected chi connectivity index (χ3v) is 2.78. The molecule has 4 nitrogen and oxygen atoms in total. The van der Waals surface area contributed by atoms with Gasteiger partial charge in [0.05, 0.1) is 0 Å². The Morgan fingerprint density at radius 3 is 2.89 bits per heavy atom. The number of ether oxygens (including phenoxy) is 1. The summed E-state index contributed by atoms with van der Waals surface area (Å²) in [4.78, 5) is 11.7. The molecule has 0 spiro atoms. The van der Waals surface area contributed by atoms with Gasteiger partial charge in [-0.05, 0) is 37.5 Å². The van der Waals surface area contributed by atoms with Gasteiger partial charge in [0.25, 0.3) is 0 Å². The van der Waals surface area contributed by atoms with Gasteiger partial charge in [0, 0.05) is 30.5 Å². The van der Waals surface area contributed by atoms with E-state index in [-0.39, 0.29) is 6.03 Å². The molecule has 0 heterocycles. The minimum Gasteiger partial charge on any atom is -0.381 e. The molecule has 2 amide bonds. The van der Waals surface area contributed by atoms with Crippen molar-refractivity contribution in [3.8, 4) is 0 Å². The summed E-state index contributed by atoms with van der Waals surface area (Å²) in [5.41, 5.74) is 1.71. The Bertz CT molecular complexity index is 410. The molecule has 0 fully saturated rings. The third-order valence-electron chi connectivity index (χ3n) is 2.55. The molecule has 19 heavy (non-hydrogen) atoms. The maximum absolute atomic E-state index is 11.7. The number of carbonyl (C=O) groups excluding carboxylic acids is 1. The van der Waals surface area contributed by atoms with E-state index in [1.165, 1.54) is 0 Å². The van der Waals surface area contributed by atoms with Gasteiger partial charge in [-0.2, -0.15) is 0 Å². The first-order chi connectivity index (χ1) is 9.13. The van der Waals surface area contributed by atoms with Crippen LogP contribution in [0, 0.1) is 6.92 Å². The highest BCUT2D eigenvalue weighted by Gasteiger charge is 2.04. The van der Waals surface area contributed by atoms with Crippen molar-refractivity contribution in [1.29, 1.82) is 0 Å². The van der Waals surface area contributed by atoms with Crippen LogP contribution in [0.1, 0.15) is 25.3 Å². The zero-order chi connectivity index (χ0) is 14.1. The minimum atomic E-state index is -0.221. The zero-order valence-corrected chi connectivity index (χ0v) is 12.2. The molecule has 1 rings (SSSR count). The number of urea groups is 1. The molecule has 0 radical (unpaired) electrons. The van der Waals surface area contributed by atoms with Gasteiger partial charge in [0.2, 0.25) is 0 Å². The summed E-state index contributed by atoms with van der Waals surface area (Å²) in [7, 11) is 0. The quantitative estimate of drug-likeness (QED) is 0.752. The van der Waals surface area contributed by atoms with Crippen LogP contribution in [0.5, 0.6) is 0 Å². The summed E-state index contributed by atoms with van der Waals surface area (Å²) >= 11 is 5.89. The van der Waals surface area contributed by atoms with Crippen LogP contribution in [-0.2, 0) is 4.74 Å². The van der Waals surface area contributed by atoms with E-state index in [1.54, 1.807) is 12.1 Å². The molecule has 106 valence electrons. The van der Waals surface area contributed by atoms with E-state index in [0.717, 1.165) is 30.7 Å². The molecule has 1 aromatic rings. The average molecular weight is 285 g/mol. The largest absolute Gasteiger partial charge is 0.381 e. The van der Waals surface area contributed by atoms with E-state index < -0.39 is 0 Å². The summed E-state index contributed by atoms with van der Waals surface area (Å²) in [5.74, 6) is 0. The van der Waals surface area contributed by atoms with Crippen LogP contribution in [0.3, 0.4) is 0 Å². The summed E-state index contributed by atoms with van der Waals surface area (Å²) in [6.45, 7) is 6.02. The van der Waals surface area contributed by atoms with E-state index in [0.29, 0.717) is 18.2 Å². The van der Waals surface area contributed by atoms with Crippen LogP contribution < -0.4 is 10.6 Å². The molecule has 0 saturated heterocycles. The summed E-state index contributed by atoms with van der Waals surface area (Å²) < 4.78 is 5.33. The van der Waals surface area contributed by atoms with Crippen molar-refractivity contribution in [2.24, 2.45) is 0 Å². The Morgan fingerprint density at radius 2 is 2.16 bits per heavy atom. The standard InChI is InChI=1S/C14H21ClN2O2/c1-3-8-19-9-4-7-16-14(18)17-13-10-12(15)6-5-11(13)2/h5-6,10H,3-4,7-9H2,1-2H3,(H2,16,17,18). The Balaban J connectivity index is 2.25. The average Bonchev–Trinajstić information content (AvgIpc) is 2.38. The van der Waals surface area contributed by atoms with Crippen LogP contribution in [0.2, 0.25) is 5.02 Å². The van der Waals surface area contributed by atoms with Gasteiger partial charge in [0.1, 0.15) is 0 Å². The van der Waals surface area contributed by atoms with Crippen molar-refractivity contribution in [2.75, 3.05) is 25.1 Å². The van der Waals surface area contributed by atoms with E-state index in [2.05, 4.69) is 17.6 Å². The SMILES string of the molecule is CCCOCCCNC(=O)Nc1cc(Cl)ccc1C. The number of hydrogen-bond donors (Lipinski definition) is 2. The van der Waals surface area contributed by atoms with Crippen LogP contribution in [0.4, 0.5) is 10.5 Å². The van der Waals surface area contributed by atoms with Gasteiger partial charge in [-0.1, -0.05) is 24.6 Å². The second-order valence-electron chi connectivity index (χ2n) is 4.31. The summed E-state index contributed by atoms with van der Waals surface area (Å²) in [5, 5.41) is 6.16. The lowest BCUT2D eigenvalue weighted by atomic mass is 10.2. The van der Waals surface area contributed by atoms with E-state index >= 15 is 0 Å². The number of anilines is 1. The Labute approximate surface area is 119 Å². The monoisotopic (exact) mass is 284 g/mol. The first-order valence-corrected chi connectivity index (χ1v) is 6.90. The van der Waals surface area contributed by atoms with Crippen molar-refractivity contribution in [2.45, 2.75) is 26.7 Å². The lowest BCUT2D eigenvalue weighted by Crippen LogP contribution is -2.30. The van der Waals surface area contributed by atoms with Crippen molar-refractivity contribution in [3.05, 3.63) is 28.8 Å². The fourth-order valence-electron chi connectivity index (χ4n) is 1.52. The van der Waals surface area contributed by atoms with Crippen LogP contribution in [0.25, 0.3) is 0 Å². The fraction of sp³-hybridized carbons (Fsp3) is 0.500. The topological polar surface area (TPSA) is 50.4 Å². The number of hydrogen-bond acceptors (Lipinski definition) is 2. The first-order valence-electron chi connectivity index (χ1n) is 6.52. The molecule has 0 aromatic heterocycles. The smallest absolute Gasteiger partial charge is 0.319 e. The highest BCUT2D eigenvalue weighted by atomic mass is 35.5. The molecule has 0 atom stereocenters. The first kappa shape index (κ1) is 15.8. The summed E-state index contributed by atoms with van der Waals surface area (Å²) in [6, 6.07) is 5.18.